The number of benzene rings is 2. The van der Waals surface area contributed by atoms with Gasteiger partial charge in [-0.1, -0.05) is 41.9 Å². The summed E-state index contributed by atoms with van der Waals surface area (Å²) in [6.07, 6.45) is 1.63. The Bertz CT molecular complexity index is 868. The largest absolute Gasteiger partial charge is 0.389 e. The summed E-state index contributed by atoms with van der Waals surface area (Å²) in [6, 6.07) is 18.4. The molecule has 0 aliphatic carbocycles. The van der Waals surface area contributed by atoms with Gasteiger partial charge in [0.05, 0.1) is 17.8 Å². The van der Waals surface area contributed by atoms with Crippen LogP contribution >= 0.6 is 11.6 Å². The first-order valence-electron chi connectivity index (χ1n) is 8.11. The second-order valence-corrected chi connectivity index (χ2v) is 6.60. The summed E-state index contributed by atoms with van der Waals surface area (Å²) in [7, 11) is 0. The standard InChI is InChI=1S/C20H19ClN2O/c1-13(24)14-7-9-15(10-8-14)20-19-6-3-11-23(19)18-5-2-4-17(21)16(18)12-22-20/h2-11,13,20,22,24H,12H2,1H3. The van der Waals surface area contributed by atoms with Crippen LogP contribution in [0.5, 0.6) is 0 Å². The van der Waals surface area contributed by atoms with Gasteiger partial charge >= 0.3 is 0 Å². The van der Waals surface area contributed by atoms with Crippen LogP contribution in [0.25, 0.3) is 5.69 Å². The van der Waals surface area contributed by atoms with Crippen LogP contribution in [0.1, 0.15) is 41.5 Å². The van der Waals surface area contributed by atoms with Gasteiger partial charge in [0, 0.05) is 29.0 Å². The van der Waals surface area contributed by atoms with Crippen molar-refractivity contribution in [3.63, 3.8) is 0 Å². The molecule has 2 unspecified atom stereocenters. The zero-order chi connectivity index (χ0) is 16.7. The SMILES string of the molecule is CC(O)c1ccc(C2NCc3c(Cl)cccc3-n3cccc32)cc1. The Labute approximate surface area is 146 Å². The Hall–Kier alpha value is -2.07. The Morgan fingerprint density at radius 2 is 1.92 bits per heavy atom. The molecule has 3 nitrogen and oxygen atoms in total. The number of aliphatic hydroxyl groups is 1. The minimum atomic E-state index is -0.451. The number of hydrogen-bond acceptors (Lipinski definition) is 2. The second-order valence-electron chi connectivity index (χ2n) is 6.20. The van der Waals surface area contributed by atoms with E-state index < -0.39 is 6.10 Å². The molecule has 24 heavy (non-hydrogen) atoms. The summed E-state index contributed by atoms with van der Waals surface area (Å²) >= 11 is 6.42. The molecule has 0 saturated heterocycles. The summed E-state index contributed by atoms with van der Waals surface area (Å²) in [4.78, 5) is 0. The Morgan fingerprint density at radius 3 is 2.67 bits per heavy atom. The zero-order valence-corrected chi connectivity index (χ0v) is 14.2. The highest BCUT2D eigenvalue weighted by molar-refractivity contribution is 6.31. The highest BCUT2D eigenvalue weighted by Crippen LogP contribution is 2.33. The normalized spacial score (nSPS) is 17.7. The quantitative estimate of drug-likeness (QED) is 0.727. The van der Waals surface area contributed by atoms with Crippen molar-refractivity contribution in [2.75, 3.05) is 0 Å². The molecule has 0 fully saturated rings. The van der Waals surface area contributed by atoms with E-state index in [1.165, 1.54) is 11.3 Å². The smallest absolute Gasteiger partial charge is 0.0761 e. The van der Waals surface area contributed by atoms with Crippen LogP contribution < -0.4 is 5.32 Å². The van der Waals surface area contributed by atoms with E-state index >= 15 is 0 Å². The highest BCUT2D eigenvalue weighted by atomic mass is 35.5. The Balaban J connectivity index is 1.79. The van der Waals surface area contributed by atoms with E-state index in [4.69, 9.17) is 11.6 Å². The van der Waals surface area contributed by atoms with E-state index in [1.54, 1.807) is 6.92 Å². The minimum absolute atomic E-state index is 0.0755. The summed E-state index contributed by atoms with van der Waals surface area (Å²) in [5, 5.41) is 14.1. The van der Waals surface area contributed by atoms with Gasteiger partial charge in [-0.3, -0.25) is 0 Å². The molecule has 1 aliphatic heterocycles. The van der Waals surface area contributed by atoms with Gasteiger partial charge in [0.25, 0.3) is 0 Å². The van der Waals surface area contributed by atoms with Gasteiger partial charge in [0.1, 0.15) is 0 Å². The number of fused-ring (bicyclic) bond motifs is 3. The van der Waals surface area contributed by atoms with Gasteiger partial charge in [-0.15, -0.1) is 0 Å². The molecular weight excluding hydrogens is 320 g/mol. The van der Waals surface area contributed by atoms with Crippen molar-refractivity contribution in [1.82, 2.24) is 9.88 Å². The highest BCUT2D eigenvalue weighted by Gasteiger charge is 2.23. The fraction of sp³-hybridized carbons (Fsp3) is 0.200. The monoisotopic (exact) mass is 338 g/mol. The fourth-order valence-corrected chi connectivity index (χ4v) is 3.60. The van der Waals surface area contributed by atoms with Crippen molar-refractivity contribution in [3.05, 3.63) is 88.2 Å². The Kier molecular flexibility index (Phi) is 3.93. The van der Waals surface area contributed by atoms with Gasteiger partial charge in [-0.2, -0.15) is 0 Å². The maximum Gasteiger partial charge on any atom is 0.0761 e. The molecule has 1 aromatic heterocycles. The number of halogens is 1. The lowest BCUT2D eigenvalue weighted by Gasteiger charge is -2.18. The average Bonchev–Trinajstić information content (AvgIpc) is 3.00. The van der Waals surface area contributed by atoms with Crippen LogP contribution in [0.15, 0.2) is 60.8 Å². The van der Waals surface area contributed by atoms with E-state index in [2.05, 4.69) is 46.4 Å². The lowest BCUT2D eigenvalue weighted by Crippen LogP contribution is -2.21. The van der Waals surface area contributed by atoms with Crippen molar-refractivity contribution in [2.45, 2.75) is 25.6 Å². The van der Waals surface area contributed by atoms with Gasteiger partial charge in [-0.25, -0.2) is 0 Å². The van der Waals surface area contributed by atoms with Gasteiger partial charge < -0.3 is 15.0 Å². The number of nitrogens with zero attached hydrogens (tertiary/aromatic N) is 1. The molecule has 4 heteroatoms. The van der Waals surface area contributed by atoms with Gasteiger partial charge in [-0.05, 0) is 42.3 Å². The first kappa shape index (κ1) is 15.5. The van der Waals surface area contributed by atoms with Crippen molar-refractivity contribution >= 4 is 11.6 Å². The van der Waals surface area contributed by atoms with Crippen molar-refractivity contribution in [1.29, 1.82) is 0 Å². The number of rotatable bonds is 2. The molecule has 2 N–H and O–H groups in total. The fourth-order valence-electron chi connectivity index (χ4n) is 3.36. The summed E-state index contributed by atoms with van der Waals surface area (Å²) < 4.78 is 2.20. The molecule has 0 saturated carbocycles. The summed E-state index contributed by atoms with van der Waals surface area (Å²) in [5.41, 5.74) is 5.51. The van der Waals surface area contributed by atoms with Gasteiger partial charge in [0.15, 0.2) is 0 Å². The molecule has 0 bridgehead atoms. The predicted octanol–water partition coefficient (Wildman–Crippen LogP) is 4.38. The third-order valence-electron chi connectivity index (χ3n) is 4.66. The van der Waals surface area contributed by atoms with E-state index in [0.717, 1.165) is 21.8 Å². The molecule has 122 valence electrons. The number of nitrogens with one attached hydrogen (secondary N) is 1. The number of hydrogen-bond donors (Lipinski definition) is 2. The lowest BCUT2D eigenvalue weighted by molar-refractivity contribution is 0.199. The molecule has 0 spiro atoms. The first-order valence-corrected chi connectivity index (χ1v) is 8.49. The van der Waals surface area contributed by atoms with E-state index in [-0.39, 0.29) is 6.04 Å². The maximum atomic E-state index is 9.71. The van der Waals surface area contributed by atoms with Crippen molar-refractivity contribution < 1.29 is 5.11 Å². The van der Waals surface area contributed by atoms with E-state index in [0.29, 0.717) is 6.54 Å². The number of aliphatic hydroxyl groups excluding tert-OH is 1. The predicted molar refractivity (Wildman–Crippen MR) is 96.5 cm³/mol. The van der Waals surface area contributed by atoms with E-state index in [9.17, 15) is 5.11 Å². The van der Waals surface area contributed by atoms with Crippen LogP contribution in [0.2, 0.25) is 5.02 Å². The van der Waals surface area contributed by atoms with Crippen molar-refractivity contribution in [2.24, 2.45) is 0 Å². The molecule has 3 aromatic rings. The summed E-state index contributed by atoms with van der Waals surface area (Å²) in [6.45, 7) is 2.49. The van der Waals surface area contributed by atoms with Crippen LogP contribution in [-0.4, -0.2) is 9.67 Å². The van der Waals surface area contributed by atoms with Crippen LogP contribution in [0.4, 0.5) is 0 Å². The first-order chi connectivity index (χ1) is 11.6. The molecule has 2 heterocycles. The average molecular weight is 339 g/mol. The zero-order valence-electron chi connectivity index (χ0n) is 13.4. The topological polar surface area (TPSA) is 37.2 Å². The minimum Gasteiger partial charge on any atom is -0.389 e. The Morgan fingerprint density at radius 1 is 1.12 bits per heavy atom. The maximum absolute atomic E-state index is 9.71. The molecule has 2 aromatic carbocycles. The van der Waals surface area contributed by atoms with Gasteiger partial charge in [0.2, 0.25) is 0 Å². The molecule has 0 radical (unpaired) electrons. The summed E-state index contributed by atoms with van der Waals surface area (Å²) in [5.74, 6) is 0. The van der Waals surface area contributed by atoms with Crippen LogP contribution in [-0.2, 0) is 6.54 Å². The molecule has 2 atom stereocenters. The van der Waals surface area contributed by atoms with Crippen molar-refractivity contribution in [3.8, 4) is 5.69 Å². The third kappa shape index (κ3) is 2.55. The lowest BCUT2D eigenvalue weighted by atomic mass is 10.0. The molecule has 1 aliphatic rings. The van der Waals surface area contributed by atoms with Crippen LogP contribution in [0, 0.1) is 0 Å². The van der Waals surface area contributed by atoms with E-state index in [1.807, 2.05) is 24.3 Å². The number of aromatic nitrogens is 1. The second kappa shape index (κ2) is 6.10. The van der Waals surface area contributed by atoms with Crippen LogP contribution in [0.3, 0.4) is 0 Å². The molecule has 4 rings (SSSR count). The molecular formula is C20H19ClN2O. The molecule has 0 amide bonds. The third-order valence-corrected chi connectivity index (χ3v) is 5.02.